The first-order valence-corrected chi connectivity index (χ1v) is 8.27. The van der Waals surface area contributed by atoms with Crippen LogP contribution >= 0.6 is 11.8 Å². The summed E-state index contributed by atoms with van der Waals surface area (Å²) < 4.78 is 5.26. The summed E-state index contributed by atoms with van der Waals surface area (Å²) in [6.45, 7) is 1.02. The van der Waals surface area contributed by atoms with Gasteiger partial charge in [0.15, 0.2) is 0 Å². The van der Waals surface area contributed by atoms with Crippen molar-refractivity contribution in [3.8, 4) is 0 Å². The largest absolute Gasteiger partial charge is 0.480 e. The Morgan fingerprint density at radius 3 is 2.45 bits per heavy atom. The van der Waals surface area contributed by atoms with Gasteiger partial charge >= 0.3 is 12.0 Å². The number of ether oxygens (including phenoxy) is 1. The number of carboxylic acid groups (broad SMARTS) is 1. The average Bonchev–Trinajstić information content (AvgIpc) is 2.46. The Morgan fingerprint density at radius 1 is 1.20 bits per heavy atom. The number of likely N-dealkylation sites (tertiary alicyclic amines) is 1. The molecule has 2 N–H and O–H groups in total. The van der Waals surface area contributed by atoms with E-state index in [4.69, 9.17) is 9.84 Å². The molecule has 0 bridgehead atoms. The van der Waals surface area contributed by atoms with Gasteiger partial charge in [-0.15, -0.1) is 0 Å². The molecule has 2 aliphatic rings. The Hall–Kier alpha value is -0.950. The smallest absolute Gasteiger partial charge is 0.329 e. The number of thioether (sulfide) groups is 1. The lowest BCUT2D eigenvalue weighted by Gasteiger charge is -2.33. The number of urea groups is 1. The molecule has 2 aliphatic heterocycles. The van der Waals surface area contributed by atoms with E-state index in [9.17, 15) is 9.59 Å². The Labute approximate surface area is 123 Å². The van der Waals surface area contributed by atoms with E-state index in [0.29, 0.717) is 32.0 Å². The maximum absolute atomic E-state index is 12.1. The van der Waals surface area contributed by atoms with Crippen LogP contribution in [0.15, 0.2) is 0 Å². The van der Waals surface area contributed by atoms with Crippen molar-refractivity contribution in [2.75, 3.05) is 31.2 Å². The Morgan fingerprint density at radius 2 is 1.85 bits per heavy atom. The monoisotopic (exact) mass is 302 g/mol. The number of nitrogens with zero attached hydrogens (tertiary/aromatic N) is 1. The summed E-state index contributed by atoms with van der Waals surface area (Å²) >= 11 is 1.94. The molecular weight excluding hydrogens is 280 g/mol. The second-order valence-electron chi connectivity index (χ2n) is 5.23. The molecule has 0 radical (unpaired) electrons. The molecule has 0 aromatic carbocycles. The lowest BCUT2D eigenvalue weighted by atomic mass is 10.1. The molecular formula is C13H22N2O4S. The van der Waals surface area contributed by atoms with Gasteiger partial charge in [-0.3, -0.25) is 0 Å². The second-order valence-corrected chi connectivity index (χ2v) is 6.45. The van der Waals surface area contributed by atoms with Crippen LogP contribution in [0, 0.1) is 0 Å². The molecule has 0 spiro atoms. The van der Waals surface area contributed by atoms with Crippen LogP contribution in [-0.4, -0.2) is 65.4 Å². The van der Waals surface area contributed by atoms with Crippen LogP contribution in [0.25, 0.3) is 0 Å². The predicted molar refractivity (Wildman–Crippen MR) is 77.1 cm³/mol. The fraction of sp³-hybridized carbons (Fsp3) is 0.846. The zero-order valence-electron chi connectivity index (χ0n) is 11.5. The number of hydrogen-bond acceptors (Lipinski definition) is 4. The van der Waals surface area contributed by atoms with Crippen LogP contribution < -0.4 is 5.32 Å². The molecule has 20 heavy (non-hydrogen) atoms. The summed E-state index contributed by atoms with van der Waals surface area (Å²) in [5, 5.41) is 11.7. The summed E-state index contributed by atoms with van der Waals surface area (Å²) in [5.74, 6) is 1.30. The van der Waals surface area contributed by atoms with Crippen molar-refractivity contribution in [3.63, 3.8) is 0 Å². The van der Waals surface area contributed by atoms with Crippen LogP contribution in [0.2, 0.25) is 0 Å². The van der Waals surface area contributed by atoms with Crippen molar-refractivity contribution in [1.29, 1.82) is 0 Å². The zero-order chi connectivity index (χ0) is 14.4. The molecule has 0 saturated carbocycles. The average molecular weight is 302 g/mol. The second kappa shape index (κ2) is 7.73. The lowest BCUT2D eigenvalue weighted by Crippen LogP contribution is -2.49. The van der Waals surface area contributed by atoms with E-state index in [-0.39, 0.29) is 18.7 Å². The van der Waals surface area contributed by atoms with Gasteiger partial charge < -0.3 is 20.1 Å². The number of hydrogen-bond donors (Lipinski definition) is 2. The zero-order valence-corrected chi connectivity index (χ0v) is 12.4. The highest BCUT2D eigenvalue weighted by Crippen LogP contribution is 2.18. The first-order chi connectivity index (χ1) is 9.65. The number of carbonyl (C=O) groups is 2. The van der Waals surface area contributed by atoms with Crippen molar-refractivity contribution in [2.45, 2.75) is 37.8 Å². The summed E-state index contributed by atoms with van der Waals surface area (Å²) in [4.78, 5) is 24.4. The van der Waals surface area contributed by atoms with Crippen molar-refractivity contribution in [2.24, 2.45) is 0 Å². The highest BCUT2D eigenvalue weighted by Gasteiger charge is 2.25. The van der Waals surface area contributed by atoms with E-state index in [0.717, 1.165) is 24.3 Å². The molecule has 6 nitrogen and oxygen atoms in total. The topological polar surface area (TPSA) is 78.9 Å². The van der Waals surface area contributed by atoms with Crippen LogP contribution in [0.3, 0.4) is 0 Å². The molecule has 2 fully saturated rings. The van der Waals surface area contributed by atoms with Gasteiger partial charge in [0.25, 0.3) is 0 Å². The van der Waals surface area contributed by atoms with Gasteiger partial charge in [-0.25, -0.2) is 9.59 Å². The molecule has 0 unspecified atom stereocenters. The van der Waals surface area contributed by atoms with Gasteiger partial charge in [-0.2, -0.15) is 11.8 Å². The van der Waals surface area contributed by atoms with Gasteiger partial charge in [-0.05, 0) is 37.2 Å². The van der Waals surface area contributed by atoms with E-state index in [1.165, 1.54) is 0 Å². The minimum Gasteiger partial charge on any atom is -0.480 e. The van der Waals surface area contributed by atoms with Crippen LogP contribution in [0.4, 0.5) is 4.79 Å². The van der Waals surface area contributed by atoms with Crippen molar-refractivity contribution in [1.82, 2.24) is 10.2 Å². The molecule has 0 aromatic rings. The third-order valence-electron chi connectivity index (χ3n) is 3.72. The number of piperidine rings is 1. The highest BCUT2D eigenvalue weighted by atomic mass is 32.2. The normalized spacial score (nSPS) is 21.7. The van der Waals surface area contributed by atoms with Crippen LogP contribution in [0.1, 0.15) is 25.7 Å². The third-order valence-corrected chi connectivity index (χ3v) is 4.77. The van der Waals surface area contributed by atoms with E-state index < -0.39 is 5.97 Å². The first kappa shape index (κ1) is 15.4. The number of amides is 2. The summed E-state index contributed by atoms with van der Waals surface area (Å²) in [6.07, 6.45) is 3.48. The number of rotatable bonds is 4. The lowest BCUT2D eigenvalue weighted by molar-refractivity contribution is -0.145. The fourth-order valence-corrected chi connectivity index (χ4v) is 3.63. The van der Waals surface area contributed by atoms with E-state index in [1.54, 1.807) is 0 Å². The molecule has 0 atom stereocenters. The molecule has 0 aromatic heterocycles. The Bertz CT molecular complexity index is 339. The fourth-order valence-electron chi connectivity index (χ4n) is 2.52. The molecule has 114 valence electrons. The summed E-state index contributed by atoms with van der Waals surface area (Å²) in [6, 6.07) is 0.323. The molecule has 2 amide bonds. The van der Waals surface area contributed by atoms with Crippen LogP contribution in [-0.2, 0) is 9.53 Å². The quantitative estimate of drug-likeness (QED) is 0.814. The maximum atomic E-state index is 12.1. The summed E-state index contributed by atoms with van der Waals surface area (Å²) in [7, 11) is 0. The molecule has 2 saturated heterocycles. The van der Waals surface area contributed by atoms with Gasteiger partial charge in [0.05, 0.1) is 6.10 Å². The highest BCUT2D eigenvalue weighted by molar-refractivity contribution is 7.99. The van der Waals surface area contributed by atoms with Gasteiger partial charge in [0, 0.05) is 19.1 Å². The number of nitrogens with one attached hydrogen (secondary N) is 1. The van der Waals surface area contributed by atoms with E-state index >= 15 is 0 Å². The molecule has 2 heterocycles. The van der Waals surface area contributed by atoms with Crippen molar-refractivity contribution >= 4 is 23.8 Å². The van der Waals surface area contributed by atoms with E-state index in [2.05, 4.69) is 5.32 Å². The minimum absolute atomic E-state index is 0.0126. The number of carboxylic acids is 1. The van der Waals surface area contributed by atoms with Gasteiger partial charge in [0.1, 0.15) is 6.61 Å². The maximum Gasteiger partial charge on any atom is 0.329 e. The minimum atomic E-state index is -0.944. The van der Waals surface area contributed by atoms with Crippen molar-refractivity contribution < 1.29 is 19.4 Å². The first-order valence-electron chi connectivity index (χ1n) is 7.11. The van der Waals surface area contributed by atoms with Gasteiger partial charge in [0.2, 0.25) is 0 Å². The summed E-state index contributed by atoms with van der Waals surface area (Å²) in [5.41, 5.74) is 0. The molecule has 7 heteroatoms. The number of aliphatic carboxylic acids is 1. The Balaban J connectivity index is 1.67. The number of carbonyl (C=O) groups excluding carboxylic acids is 1. The Kier molecular flexibility index (Phi) is 5.97. The van der Waals surface area contributed by atoms with Gasteiger partial charge in [-0.1, -0.05) is 0 Å². The van der Waals surface area contributed by atoms with E-state index in [1.807, 2.05) is 16.7 Å². The standard InChI is InChI=1S/C13H22N2O4S/c16-12(17)9-19-11-1-5-15(6-2-11)13(18)14-10-3-7-20-8-4-10/h10-11H,1-9H2,(H,14,18)(H,16,17). The molecule has 2 rings (SSSR count). The SMILES string of the molecule is O=C(O)COC1CCN(C(=O)NC2CCSCC2)CC1. The van der Waals surface area contributed by atoms with Crippen molar-refractivity contribution in [3.05, 3.63) is 0 Å². The third kappa shape index (κ3) is 4.86. The molecule has 0 aliphatic carbocycles. The van der Waals surface area contributed by atoms with Crippen LogP contribution in [0.5, 0.6) is 0 Å². The predicted octanol–water partition coefficient (Wildman–Crippen LogP) is 1.16.